The third-order valence-electron chi connectivity index (χ3n) is 3.58. The molecular formula is C16H10Cl2N6O2S. The second kappa shape index (κ2) is 7.10. The number of ether oxygens (including phenoxy) is 1. The van der Waals surface area contributed by atoms with E-state index in [-0.39, 0.29) is 5.69 Å². The molecule has 0 fully saturated rings. The van der Waals surface area contributed by atoms with E-state index in [9.17, 15) is 4.79 Å². The summed E-state index contributed by atoms with van der Waals surface area (Å²) in [5.74, 6) is 0.169. The van der Waals surface area contributed by atoms with Crippen LogP contribution in [-0.2, 0) is 4.74 Å². The number of esters is 1. The second-order valence-electron chi connectivity index (χ2n) is 5.30. The average Bonchev–Trinajstić information content (AvgIpc) is 3.24. The van der Waals surface area contributed by atoms with Crippen LogP contribution in [0.4, 0.5) is 11.8 Å². The smallest absolute Gasteiger partial charge is 0.358 e. The van der Waals surface area contributed by atoms with E-state index in [1.54, 1.807) is 28.8 Å². The molecule has 136 valence electrons. The molecule has 0 aliphatic rings. The number of hydrogen-bond donors (Lipinski definition) is 1. The van der Waals surface area contributed by atoms with Crippen LogP contribution in [-0.4, -0.2) is 37.9 Å². The van der Waals surface area contributed by atoms with Crippen LogP contribution in [0.25, 0.3) is 16.2 Å². The normalized spacial score (nSPS) is 10.9. The minimum atomic E-state index is -0.558. The van der Waals surface area contributed by atoms with E-state index in [4.69, 9.17) is 23.2 Å². The van der Waals surface area contributed by atoms with Crippen molar-refractivity contribution >= 4 is 57.2 Å². The van der Waals surface area contributed by atoms with Crippen LogP contribution < -0.4 is 5.32 Å². The third-order valence-corrected chi connectivity index (χ3v) is 4.97. The van der Waals surface area contributed by atoms with Gasteiger partial charge in [-0.05, 0) is 30.3 Å². The molecule has 0 amide bonds. The van der Waals surface area contributed by atoms with E-state index in [0.717, 1.165) is 11.3 Å². The molecule has 27 heavy (non-hydrogen) atoms. The van der Waals surface area contributed by atoms with Crippen molar-refractivity contribution in [3.05, 3.63) is 51.5 Å². The molecule has 0 aliphatic carbocycles. The summed E-state index contributed by atoms with van der Waals surface area (Å²) in [4.78, 5) is 16.5. The lowest BCUT2D eigenvalue weighted by Gasteiger charge is -2.03. The van der Waals surface area contributed by atoms with Gasteiger partial charge in [0.2, 0.25) is 10.9 Å². The van der Waals surface area contributed by atoms with E-state index in [1.807, 2.05) is 5.38 Å². The first kappa shape index (κ1) is 17.7. The zero-order chi connectivity index (χ0) is 19.0. The summed E-state index contributed by atoms with van der Waals surface area (Å²) in [6, 6.07) is 8.32. The SMILES string of the molecule is COC(=O)c1ccc(Nc2nc3scc(-c4cc(Cl)ccc4Cl)n3n2)nn1. The van der Waals surface area contributed by atoms with Gasteiger partial charge in [0, 0.05) is 16.0 Å². The quantitative estimate of drug-likeness (QED) is 0.496. The molecule has 3 heterocycles. The summed E-state index contributed by atoms with van der Waals surface area (Å²) < 4.78 is 6.26. The summed E-state index contributed by atoms with van der Waals surface area (Å²) in [7, 11) is 1.28. The Morgan fingerprint density at radius 1 is 1.22 bits per heavy atom. The standard InChI is InChI=1S/C16H10Cl2N6O2S/c1-26-14(25)11-4-5-13(22-21-11)19-15-20-16-24(23-15)12(7-27-16)9-6-8(17)2-3-10(9)18/h2-7H,1H3,(H,19,22,23). The Balaban J connectivity index is 1.64. The number of hydrogen-bond acceptors (Lipinski definition) is 8. The van der Waals surface area contributed by atoms with E-state index < -0.39 is 5.97 Å². The number of fused-ring (bicyclic) bond motifs is 1. The van der Waals surface area contributed by atoms with Crippen molar-refractivity contribution in [1.82, 2.24) is 24.8 Å². The lowest BCUT2D eigenvalue weighted by atomic mass is 10.2. The fourth-order valence-corrected chi connectivity index (χ4v) is 3.55. The van der Waals surface area contributed by atoms with Crippen molar-refractivity contribution in [2.75, 3.05) is 12.4 Å². The molecule has 1 N–H and O–H groups in total. The van der Waals surface area contributed by atoms with Crippen LogP contribution in [0.5, 0.6) is 0 Å². The topological polar surface area (TPSA) is 94.3 Å². The van der Waals surface area contributed by atoms with Gasteiger partial charge in [-0.25, -0.2) is 9.31 Å². The molecule has 0 atom stereocenters. The van der Waals surface area contributed by atoms with Gasteiger partial charge in [0.25, 0.3) is 0 Å². The fraction of sp³-hybridized carbons (Fsp3) is 0.0625. The minimum absolute atomic E-state index is 0.111. The molecular weight excluding hydrogens is 411 g/mol. The Bertz CT molecular complexity index is 1140. The Morgan fingerprint density at radius 3 is 2.81 bits per heavy atom. The van der Waals surface area contributed by atoms with Crippen LogP contribution in [0.1, 0.15) is 10.5 Å². The highest BCUT2D eigenvalue weighted by Crippen LogP contribution is 2.33. The molecule has 4 rings (SSSR count). The van der Waals surface area contributed by atoms with Crippen molar-refractivity contribution in [3.63, 3.8) is 0 Å². The van der Waals surface area contributed by atoms with Crippen LogP contribution in [0, 0.1) is 0 Å². The summed E-state index contributed by atoms with van der Waals surface area (Å²) >= 11 is 13.8. The van der Waals surface area contributed by atoms with Crippen molar-refractivity contribution in [2.45, 2.75) is 0 Å². The summed E-state index contributed by atoms with van der Waals surface area (Å²) in [5, 5.41) is 18.1. The first-order valence-corrected chi connectivity index (χ1v) is 9.17. The highest BCUT2D eigenvalue weighted by Gasteiger charge is 2.15. The molecule has 0 spiro atoms. The van der Waals surface area contributed by atoms with Crippen LogP contribution >= 0.6 is 34.5 Å². The molecule has 1 aromatic carbocycles. The molecule has 11 heteroatoms. The Morgan fingerprint density at radius 2 is 2.07 bits per heavy atom. The number of benzene rings is 1. The molecule has 0 unspecified atom stereocenters. The van der Waals surface area contributed by atoms with Gasteiger partial charge in [0.15, 0.2) is 11.5 Å². The third kappa shape index (κ3) is 3.44. The maximum atomic E-state index is 11.4. The van der Waals surface area contributed by atoms with Gasteiger partial charge in [-0.2, -0.15) is 4.98 Å². The number of rotatable bonds is 4. The minimum Gasteiger partial charge on any atom is -0.464 e. The van der Waals surface area contributed by atoms with Crippen LogP contribution in [0.15, 0.2) is 35.7 Å². The molecule has 0 aliphatic heterocycles. The lowest BCUT2D eigenvalue weighted by Crippen LogP contribution is -2.06. The van der Waals surface area contributed by atoms with Crippen molar-refractivity contribution in [3.8, 4) is 11.3 Å². The summed E-state index contributed by atoms with van der Waals surface area (Å²) in [6.07, 6.45) is 0. The second-order valence-corrected chi connectivity index (χ2v) is 6.98. The average molecular weight is 421 g/mol. The number of halogens is 2. The number of carbonyl (C=O) groups excluding carboxylic acids is 1. The molecule has 0 radical (unpaired) electrons. The van der Waals surface area contributed by atoms with Gasteiger partial charge < -0.3 is 10.1 Å². The van der Waals surface area contributed by atoms with Gasteiger partial charge in [0.1, 0.15) is 0 Å². The molecule has 0 saturated carbocycles. The molecule has 8 nitrogen and oxygen atoms in total. The Hall–Kier alpha value is -2.75. The molecule has 0 bridgehead atoms. The van der Waals surface area contributed by atoms with Gasteiger partial charge >= 0.3 is 5.97 Å². The van der Waals surface area contributed by atoms with E-state index >= 15 is 0 Å². The van der Waals surface area contributed by atoms with Crippen molar-refractivity contribution in [1.29, 1.82) is 0 Å². The molecule has 4 aromatic rings. The predicted molar refractivity (Wildman–Crippen MR) is 103 cm³/mol. The number of thiazole rings is 1. The molecule has 0 saturated heterocycles. The Kier molecular flexibility index (Phi) is 4.65. The van der Waals surface area contributed by atoms with Crippen molar-refractivity contribution in [2.24, 2.45) is 0 Å². The van der Waals surface area contributed by atoms with Crippen LogP contribution in [0.3, 0.4) is 0 Å². The van der Waals surface area contributed by atoms with E-state index in [2.05, 4.69) is 30.3 Å². The van der Waals surface area contributed by atoms with E-state index in [1.165, 1.54) is 24.5 Å². The lowest BCUT2D eigenvalue weighted by molar-refractivity contribution is 0.0593. The first-order chi connectivity index (χ1) is 13.0. The largest absolute Gasteiger partial charge is 0.464 e. The fourth-order valence-electron chi connectivity index (χ4n) is 2.34. The maximum absolute atomic E-state index is 11.4. The number of nitrogens with one attached hydrogen (secondary N) is 1. The van der Waals surface area contributed by atoms with Crippen LogP contribution in [0.2, 0.25) is 10.0 Å². The van der Waals surface area contributed by atoms with Gasteiger partial charge in [-0.1, -0.05) is 23.2 Å². The number of methoxy groups -OCH3 is 1. The highest BCUT2D eigenvalue weighted by atomic mass is 35.5. The molecule has 3 aromatic heterocycles. The van der Waals surface area contributed by atoms with Gasteiger partial charge in [-0.3, -0.25) is 0 Å². The van der Waals surface area contributed by atoms with Gasteiger partial charge in [0.05, 0.1) is 17.8 Å². The zero-order valence-corrected chi connectivity index (χ0v) is 16.0. The number of aromatic nitrogens is 5. The summed E-state index contributed by atoms with van der Waals surface area (Å²) in [6.45, 7) is 0. The zero-order valence-electron chi connectivity index (χ0n) is 13.7. The number of nitrogens with zero attached hydrogens (tertiary/aromatic N) is 5. The number of carbonyl (C=O) groups is 1. The van der Waals surface area contributed by atoms with Gasteiger partial charge in [-0.15, -0.1) is 26.6 Å². The highest BCUT2D eigenvalue weighted by molar-refractivity contribution is 7.15. The van der Waals surface area contributed by atoms with Crippen molar-refractivity contribution < 1.29 is 9.53 Å². The predicted octanol–water partition coefficient (Wildman–Crippen LogP) is 4.08. The van der Waals surface area contributed by atoms with E-state index in [0.29, 0.717) is 26.8 Å². The maximum Gasteiger partial charge on any atom is 0.358 e. The Labute approximate surface area is 166 Å². The number of anilines is 2. The first-order valence-electron chi connectivity index (χ1n) is 7.54. The monoisotopic (exact) mass is 420 g/mol. The summed E-state index contributed by atoms with van der Waals surface area (Å²) in [5.41, 5.74) is 1.64.